The normalized spacial score (nSPS) is 12.4. The molecule has 5 nitrogen and oxygen atoms in total. The van der Waals surface area contributed by atoms with E-state index in [9.17, 15) is 9.18 Å². The van der Waals surface area contributed by atoms with E-state index in [1.165, 1.54) is 23.3 Å². The first kappa shape index (κ1) is 26.8. The number of aliphatic imine (C=N–C) groups is 1. The molecule has 0 radical (unpaired) electrons. The number of hydrogen-bond donors (Lipinski definition) is 1. The molecule has 0 unspecified atom stereocenters. The molecule has 0 atom stereocenters. The van der Waals surface area contributed by atoms with Crippen LogP contribution in [0.4, 0.5) is 4.39 Å². The van der Waals surface area contributed by atoms with Gasteiger partial charge < -0.3 is 10.5 Å². The maximum atomic E-state index is 13.4. The molecule has 3 aromatic carbocycles. The van der Waals surface area contributed by atoms with Gasteiger partial charge in [-0.05, 0) is 42.7 Å². The van der Waals surface area contributed by atoms with E-state index < -0.39 is 5.97 Å². The summed E-state index contributed by atoms with van der Waals surface area (Å²) in [6.45, 7) is 6.68. The Labute approximate surface area is 213 Å². The summed E-state index contributed by atoms with van der Waals surface area (Å²) in [6, 6.07) is 26.8. The van der Waals surface area contributed by atoms with Crippen LogP contribution in [0.2, 0.25) is 0 Å². The highest BCUT2D eigenvalue weighted by molar-refractivity contribution is 6.05. The Hall–Kier alpha value is -3.77. The third kappa shape index (κ3) is 8.47. The molecule has 0 saturated carbocycles. The summed E-state index contributed by atoms with van der Waals surface area (Å²) in [7, 11) is 0. The number of carbonyl (C=O) groups is 1. The standard InChI is InChI=1S/C30H34FN3O2/c1-3-36-30(35)29(32)28(20-24-14-16-27(31)17-15-24)23(2)33-18-19-34(21-25-10-6-4-7-11-25)22-26-12-8-5-9-13-26/h4-17H,3,18-22,32H2,1-2H3/b29-28-,33-23?. The van der Waals surface area contributed by atoms with Crippen LogP contribution in [0.15, 0.2) is 101 Å². The molecule has 0 aromatic heterocycles. The molecule has 0 fully saturated rings. The molecular weight excluding hydrogens is 453 g/mol. The van der Waals surface area contributed by atoms with E-state index >= 15 is 0 Å². The van der Waals surface area contributed by atoms with E-state index in [4.69, 9.17) is 15.5 Å². The highest BCUT2D eigenvalue weighted by atomic mass is 19.1. The van der Waals surface area contributed by atoms with Crippen LogP contribution < -0.4 is 5.73 Å². The second-order valence-electron chi connectivity index (χ2n) is 8.56. The van der Waals surface area contributed by atoms with Gasteiger partial charge in [-0.3, -0.25) is 9.89 Å². The Morgan fingerprint density at radius 1 is 0.889 bits per heavy atom. The Balaban J connectivity index is 1.77. The minimum atomic E-state index is -0.570. The molecular formula is C30H34FN3O2. The zero-order valence-electron chi connectivity index (χ0n) is 21.0. The van der Waals surface area contributed by atoms with Gasteiger partial charge in [0.1, 0.15) is 11.5 Å². The molecule has 2 N–H and O–H groups in total. The topological polar surface area (TPSA) is 67.9 Å². The first-order valence-corrected chi connectivity index (χ1v) is 12.2. The molecule has 3 rings (SSSR count). The van der Waals surface area contributed by atoms with Gasteiger partial charge >= 0.3 is 5.97 Å². The maximum Gasteiger partial charge on any atom is 0.354 e. The summed E-state index contributed by atoms with van der Waals surface area (Å²) in [5, 5.41) is 0. The maximum absolute atomic E-state index is 13.4. The van der Waals surface area contributed by atoms with Crippen LogP contribution in [-0.2, 0) is 29.0 Å². The summed E-state index contributed by atoms with van der Waals surface area (Å²) >= 11 is 0. The molecule has 3 aromatic rings. The van der Waals surface area contributed by atoms with E-state index in [0.29, 0.717) is 24.3 Å². The van der Waals surface area contributed by atoms with Crippen LogP contribution >= 0.6 is 0 Å². The van der Waals surface area contributed by atoms with Crippen LogP contribution in [0.5, 0.6) is 0 Å². The van der Waals surface area contributed by atoms with Crippen LogP contribution in [0.1, 0.15) is 30.5 Å². The Kier molecular flexibility index (Phi) is 10.4. The third-order valence-electron chi connectivity index (χ3n) is 5.81. The van der Waals surface area contributed by atoms with Gasteiger partial charge in [0.25, 0.3) is 0 Å². The highest BCUT2D eigenvalue weighted by Gasteiger charge is 2.16. The number of hydrogen-bond acceptors (Lipinski definition) is 5. The summed E-state index contributed by atoms with van der Waals surface area (Å²) in [6.07, 6.45) is 0.359. The Morgan fingerprint density at radius 3 is 1.97 bits per heavy atom. The summed E-state index contributed by atoms with van der Waals surface area (Å²) < 4.78 is 18.5. The lowest BCUT2D eigenvalue weighted by molar-refractivity contribution is -0.138. The van der Waals surface area contributed by atoms with E-state index in [2.05, 4.69) is 29.2 Å². The monoisotopic (exact) mass is 487 g/mol. The fourth-order valence-electron chi connectivity index (χ4n) is 3.91. The smallest absolute Gasteiger partial charge is 0.354 e. The molecule has 0 aliphatic carbocycles. The van der Waals surface area contributed by atoms with Gasteiger partial charge in [0.15, 0.2) is 0 Å². The lowest BCUT2D eigenvalue weighted by Crippen LogP contribution is -2.26. The molecule has 0 aliphatic heterocycles. The zero-order chi connectivity index (χ0) is 25.8. The second kappa shape index (κ2) is 14.0. The van der Waals surface area contributed by atoms with E-state index in [-0.39, 0.29) is 18.1 Å². The average Bonchev–Trinajstić information content (AvgIpc) is 2.89. The molecule has 0 bridgehead atoms. The number of halogens is 1. The number of rotatable bonds is 12. The molecule has 0 spiro atoms. The molecule has 6 heteroatoms. The van der Waals surface area contributed by atoms with Gasteiger partial charge in [-0.15, -0.1) is 0 Å². The number of esters is 1. The van der Waals surface area contributed by atoms with Gasteiger partial charge in [-0.25, -0.2) is 9.18 Å². The SMILES string of the molecule is CCOC(=O)/C(N)=C(\Cc1ccc(F)cc1)C(C)=NCCN(Cc1ccccc1)Cc1ccccc1. The number of ether oxygens (including phenoxy) is 1. The van der Waals surface area contributed by atoms with Gasteiger partial charge in [0.2, 0.25) is 0 Å². The zero-order valence-corrected chi connectivity index (χ0v) is 21.0. The van der Waals surface area contributed by atoms with Crippen molar-refractivity contribution in [3.63, 3.8) is 0 Å². The van der Waals surface area contributed by atoms with Crippen molar-refractivity contribution >= 4 is 11.7 Å². The Bertz CT molecular complexity index is 1120. The number of nitrogens with two attached hydrogens (primary N) is 1. The van der Waals surface area contributed by atoms with Crippen molar-refractivity contribution in [2.24, 2.45) is 10.7 Å². The summed E-state index contributed by atoms with van der Waals surface area (Å²) in [5.41, 5.74) is 10.8. The molecule has 0 saturated heterocycles. The average molecular weight is 488 g/mol. The molecule has 0 heterocycles. The summed E-state index contributed by atoms with van der Waals surface area (Å²) in [4.78, 5) is 19.5. The van der Waals surface area contributed by atoms with E-state index in [1.54, 1.807) is 19.1 Å². The van der Waals surface area contributed by atoms with Crippen molar-refractivity contribution in [1.29, 1.82) is 0 Å². The summed E-state index contributed by atoms with van der Waals surface area (Å²) in [5.74, 6) is -0.885. The van der Waals surface area contributed by atoms with Crippen molar-refractivity contribution in [3.05, 3.63) is 119 Å². The van der Waals surface area contributed by atoms with E-state index in [0.717, 1.165) is 25.2 Å². The lowest BCUT2D eigenvalue weighted by Gasteiger charge is -2.22. The minimum Gasteiger partial charge on any atom is -0.461 e. The van der Waals surface area contributed by atoms with Crippen molar-refractivity contribution in [2.45, 2.75) is 33.4 Å². The van der Waals surface area contributed by atoms with Crippen molar-refractivity contribution in [2.75, 3.05) is 19.7 Å². The lowest BCUT2D eigenvalue weighted by atomic mass is 9.99. The van der Waals surface area contributed by atoms with Gasteiger partial charge in [0, 0.05) is 37.3 Å². The second-order valence-corrected chi connectivity index (χ2v) is 8.56. The highest BCUT2D eigenvalue weighted by Crippen LogP contribution is 2.15. The predicted octanol–water partition coefficient (Wildman–Crippen LogP) is 5.31. The Morgan fingerprint density at radius 2 is 1.44 bits per heavy atom. The molecule has 36 heavy (non-hydrogen) atoms. The van der Waals surface area contributed by atoms with Gasteiger partial charge in [-0.1, -0.05) is 72.8 Å². The number of allylic oxidation sites excluding steroid dienone is 1. The fraction of sp³-hybridized carbons (Fsp3) is 0.267. The molecule has 0 aliphatic rings. The molecule has 188 valence electrons. The van der Waals surface area contributed by atoms with Crippen molar-refractivity contribution < 1.29 is 13.9 Å². The first-order chi connectivity index (χ1) is 17.5. The minimum absolute atomic E-state index is 0.0350. The van der Waals surface area contributed by atoms with Crippen LogP contribution in [0, 0.1) is 5.82 Å². The van der Waals surface area contributed by atoms with Gasteiger partial charge in [0.05, 0.1) is 13.2 Å². The molecule has 0 amide bonds. The first-order valence-electron chi connectivity index (χ1n) is 12.2. The van der Waals surface area contributed by atoms with Crippen LogP contribution in [-0.4, -0.2) is 36.3 Å². The van der Waals surface area contributed by atoms with Gasteiger partial charge in [-0.2, -0.15) is 0 Å². The van der Waals surface area contributed by atoms with Crippen molar-refractivity contribution in [1.82, 2.24) is 4.90 Å². The van der Waals surface area contributed by atoms with Crippen LogP contribution in [0.3, 0.4) is 0 Å². The van der Waals surface area contributed by atoms with Crippen molar-refractivity contribution in [3.8, 4) is 0 Å². The van der Waals surface area contributed by atoms with E-state index in [1.807, 2.05) is 43.3 Å². The third-order valence-corrected chi connectivity index (χ3v) is 5.81. The number of nitrogens with zero attached hydrogens (tertiary/aromatic N) is 2. The fourth-order valence-corrected chi connectivity index (χ4v) is 3.91. The quantitative estimate of drug-likeness (QED) is 0.214. The number of carbonyl (C=O) groups excluding carboxylic acids is 1. The number of benzene rings is 3. The largest absolute Gasteiger partial charge is 0.461 e. The van der Waals surface area contributed by atoms with Crippen LogP contribution in [0.25, 0.3) is 0 Å². The predicted molar refractivity (Wildman–Crippen MR) is 143 cm³/mol.